The highest BCUT2D eigenvalue weighted by Crippen LogP contribution is 2.35. The normalized spacial score (nSPS) is 13.2. The van der Waals surface area contributed by atoms with Crippen LogP contribution in [0.5, 0.6) is 11.5 Å². The summed E-state index contributed by atoms with van der Waals surface area (Å²) in [5.41, 5.74) is 1.65. The van der Waals surface area contributed by atoms with Crippen molar-refractivity contribution in [3.05, 3.63) is 89.7 Å². The van der Waals surface area contributed by atoms with Crippen LogP contribution in [0.15, 0.2) is 72.8 Å². The first-order valence-electron chi connectivity index (χ1n) is 13.5. The van der Waals surface area contributed by atoms with Gasteiger partial charge in [0, 0.05) is 25.6 Å². The lowest BCUT2D eigenvalue weighted by Crippen LogP contribution is -2.53. The van der Waals surface area contributed by atoms with Crippen molar-refractivity contribution in [1.82, 2.24) is 10.2 Å². The van der Waals surface area contributed by atoms with Crippen LogP contribution in [0.3, 0.4) is 0 Å². The van der Waals surface area contributed by atoms with Crippen molar-refractivity contribution in [2.45, 2.75) is 32.9 Å². The number of nitrogens with one attached hydrogen (secondary N) is 1. The van der Waals surface area contributed by atoms with Crippen molar-refractivity contribution in [2.75, 3.05) is 36.4 Å². The molecule has 3 aromatic rings. The largest absolute Gasteiger partial charge is 0.486 e. The molecule has 0 saturated heterocycles. The first-order chi connectivity index (χ1) is 19.7. The number of carbonyl (C=O) groups is 2. The van der Waals surface area contributed by atoms with Crippen molar-refractivity contribution >= 4 is 27.5 Å². The Hall–Kier alpha value is -4.12. The first kappa shape index (κ1) is 29.9. The van der Waals surface area contributed by atoms with E-state index in [9.17, 15) is 22.4 Å². The molecule has 2 amide bonds. The third-order valence-corrected chi connectivity index (χ3v) is 8.42. The van der Waals surface area contributed by atoms with E-state index >= 15 is 0 Å². The smallest absolute Gasteiger partial charge is 0.244 e. The number of nitrogens with zero attached hydrogens (tertiary/aromatic N) is 2. The number of benzene rings is 3. The minimum Gasteiger partial charge on any atom is -0.486 e. The molecule has 218 valence electrons. The third-order valence-electron chi connectivity index (χ3n) is 6.68. The predicted octanol–water partition coefficient (Wildman–Crippen LogP) is 3.53. The average Bonchev–Trinajstić information content (AvgIpc) is 2.98. The van der Waals surface area contributed by atoms with Crippen LogP contribution in [0.4, 0.5) is 10.1 Å². The Morgan fingerprint density at radius 3 is 2.27 bits per heavy atom. The summed E-state index contributed by atoms with van der Waals surface area (Å²) < 4.78 is 52.5. The molecule has 3 aromatic carbocycles. The third kappa shape index (κ3) is 7.55. The van der Waals surface area contributed by atoms with E-state index in [2.05, 4.69) is 5.32 Å². The van der Waals surface area contributed by atoms with Gasteiger partial charge in [0.05, 0.1) is 11.4 Å². The monoisotopic (exact) mass is 583 g/mol. The van der Waals surface area contributed by atoms with Crippen molar-refractivity contribution in [1.29, 1.82) is 0 Å². The molecule has 4 rings (SSSR count). The number of hydrogen-bond donors (Lipinski definition) is 1. The highest BCUT2D eigenvalue weighted by molar-refractivity contribution is 7.92. The zero-order valence-corrected chi connectivity index (χ0v) is 23.9. The number of rotatable bonds is 12. The Balaban J connectivity index is 1.73. The van der Waals surface area contributed by atoms with Gasteiger partial charge >= 0.3 is 0 Å². The number of anilines is 1. The number of carbonyl (C=O) groups excluding carboxylic acids is 2. The maximum absolute atomic E-state index is 14.1. The summed E-state index contributed by atoms with van der Waals surface area (Å²) in [6, 6.07) is 18.6. The number of ether oxygens (including phenoxy) is 2. The van der Waals surface area contributed by atoms with Crippen LogP contribution in [0.25, 0.3) is 0 Å². The van der Waals surface area contributed by atoms with Gasteiger partial charge in [-0.05, 0) is 49.2 Å². The maximum atomic E-state index is 14.1. The molecule has 9 nitrogen and oxygen atoms in total. The second kappa shape index (κ2) is 13.5. The fourth-order valence-electron chi connectivity index (χ4n) is 4.54. The summed E-state index contributed by atoms with van der Waals surface area (Å²) in [6.45, 7) is 3.72. The Kier molecular flexibility index (Phi) is 9.82. The number of hydrogen-bond acceptors (Lipinski definition) is 6. The lowest BCUT2D eigenvalue weighted by molar-refractivity contribution is -0.140. The fraction of sp³-hybridized carbons (Fsp3) is 0.333. The first-order valence-corrected chi connectivity index (χ1v) is 15.1. The van der Waals surface area contributed by atoms with Gasteiger partial charge in [-0.3, -0.25) is 13.9 Å². The van der Waals surface area contributed by atoms with Crippen molar-refractivity contribution in [2.24, 2.45) is 0 Å². The Morgan fingerprint density at radius 2 is 1.61 bits per heavy atom. The fourth-order valence-corrected chi connectivity index (χ4v) is 5.59. The number of amides is 2. The van der Waals surface area contributed by atoms with E-state index in [0.717, 1.165) is 9.87 Å². The highest BCUT2D eigenvalue weighted by Gasteiger charge is 2.33. The summed E-state index contributed by atoms with van der Waals surface area (Å²) in [4.78, 5) is 28.8. The van der Waals surface area contributed by atoms with Crippen molar-refractivity contribution in [3.63, 3.8) is 0 Å². The van der Waals surface area contributed by atoms with E-state index in [-0.39, 0.29) is 30.3 Å². The van der Waals surface area contributed by atoms with Crippen LogP contribution in [-0.4, -0.2) is 63.2 Å². The molecule has 0 aliphatic carbocycles. The lowest BCUT2D eigenvalue weighted by Gasteiger charge is -2.34. The molecule has 0 saturated carbocycles. The minimum atomic E-state index is -3.92. The summed E-state index contributed by atoms with van der Waals surface area (Å²) in [5.74, 6) is -0.794. The molecule has 0 unspecified atom stereocenters. The molecule has 0 radical (unpaired) electrons. The van der Waals surface area contributed by atoms with Gasteiger partial charge in [-0.25, -0.2) is 12.8 Å². The topological polar surface area (TPSA) is 105 Å². The molecule has 1 N–H and O–H groups in total. The van der Waals surface area contributed by atoms with Gasteiger partial charge in [0.1, 0.15) is 31.6 Å². The summed E-state index contributed by atoms with van der Waals surface area (Å²) >= 11 is 0. The molecule has 41 heavy (non-hydrogen) atoms. The van der Waals surface area contributed by atoms with Crippen LogP contribution in [0, 0.1) is 5.82 Å². The highest BCUT2D eigenvalue weighted by atomic mass is 32.2. The maximum Gasteiger partial charge on any atom is 0.244 e. The van der Waals surface area contributed by atoms with E-state index in [4.69, 9.17) is 9.47 Å². The zero-order chi connectivity index (χ0) is 29.4. The van der Waals surface area contributed by atoms with Crippen molar-refractivity contribution < 1.29 is 31.9 Å². The van der Waals surface area contributed by atoms with Crippen LogP contribution < -0.4 is 19.1 Å². The predicted molar refractivity (Wildman–Crippen MR) is 154 cm³/mol. The minimum absolute atomic E-state index is 0.0328. The number of sulfonamides is 1. The SMILES string of the molecule is CCNC(=O)[C@H](Cc1ccccc1)N(Cc1ccc(F)cc1)C(=O)CN(c1ccc2c(c1)OCCO2)S(=O)(=O)CC. The molecule has 1 atom stereocenters. The van der Waals surface area contributed by atoms with Gasteiger partial charge in [-0.2, -0.15) is 0 Å². The summed E-state index contributed by atoms with van der Waals surface area (Å²) in [5, 5.41) is 2.80. The molecular weight excluding hydrogens is 549 g/mol. The Morgan fingerprint density at radius 1 is 0.927 bits per heavy atom. The molecule has 0 spiro atoms. The molecule has 1 heterocycles. The van der Waals surface area contributed by atoms with Gasteiger partial charge < -0.3 is 19.7 Å². The van der Waals surface area contributed by atoms with Gasteiger partial charge in [-0.1, -0.05) is 42.5 Å². The number of likely N-dealkylation sites (N-methyl/N-ethyl adjacent to an activating group) is 1. The van der Waals surface area contributed by atoms with Gasteiger partial charge in [0.2, 0.25) is 21.8 Å². The summed E-state index contributed by atoms with van der Waals surface area (Å²) in [6.07, 6.45) is 0.199. The van der Waals surface area contributed by atoms with Crippen LogP contribution in [0.2, 0.25) is 0 Å². The van der Waals surface area contributed by atoms with Crippen LogP contribution >= 0.6 is 0 Å². The zero-order valence-electron chi connectivity index (χ0n) is 23.1. The van der Waals surface area contributed by atoms with E-state index in [1.54, 1.807) is 19.1 Å². The quantitative estimate of drug-likeness (QED) is 0.350. The molecule has 1 aliphatic rings. The van der Waals surface area contributed by atoms with Crippen LogP contribution in [-0.2, 0) is 32.6 Å². The van der Waals surface area contributed by atoms with Gasteiger partial charge in [0.15, 0.2) is 11.5 Å². The van der Waals surface area contributed by atoms with E-state index in [0.29, 0.717) is 36.8 Å². The number of fused-ring (bicyclic) bond motifs is 1. The Bertz CT molecular complexity index is 1450. The van der Waals surface area contributed by atoms with E-state index in [1.807, 2.05) is 30.3 Å². The second-order valence-electron chi connectivity index (χ2n) is 9.48. The molecule has 11 heteroatoms. The summed E-state index contributed by atoms with van der Waals surface area (Å²) in [7, 11) is -3.92. The Labute approximate surface area is 239 Å². The number of halogens is 1. The molecule has 0 aromatic heterocycles. The molecule has 0 fully saturated rings. The van der Waals surface area contributed by atoms with Crippen LogP contribution in [0.1, 0.15) is 25.0 Å². The van der Waals surface area contributed by atoms with Crippen molar-refractivity contribution in [3.8, 4) is 11.5 Å². The van der Waals surface area contributed by atoms with E-state index < -0.39 is 34.3 Å². The second-order valence-corrected chi connectivity index (χ2v) is 11.7. The standard InChI is InChI=1S/C30H34FN3O6S/c1-3-32-30(36)26(18-22-8-6-5-7-9-22)33(20-23-10-12-24(31)13-11-23)29(35)21-34(41(37,38)4-2)25-14-15-27-28(19-25)40-17-16-39-27/h5-15,19,26H,3-4,16-18,20-21H2,1-2H3,(H,32,36)/t26-/m0/s1. The van der Waals surface area contributed by atoms with Gasteiger partial charge in [-0.15, -0.1) is 0 Å². The lowest BCUT2D eigenvalue weighted by atomic mass is 10.0. The average molecular weight is 584 g/mol. The van der Waals surface area contributed by atoms with E-state index in [1.165, 1.54) is 42.2 Å². The van der Waals surface area contributed by atoms with Gasteiger partial charge in [0.25, 0.3) is 0 Å². The molecule has 1 aliphatic heterocycles. The molecule has 0 bridgehead atoms. The molecular formula is C30H34FN3O6S.